The van der Waals surface area contributed by atoms with Crippen molar-refractivity contribution in [1.82, 2.24) is 0 Å². The largest absolute Gasteiger partial charge is 0.451 e. The fourth-order valence-electron chi connectivity index (χ4n) is 1.42. The van der Waals surface area contributed by atoms with Crippen LogP contribution in [0.3, 0.4) is 0 Å². The lowest BCUT2D eigenvalue weighted by molar-refractivity contribution is -0.165. The van der Waals surface area contributed by atoms with Crippen molar-refractivity contribution in [2.24, 2.45) is 10.9 Å². The number of rotatable bonds is 4. The number of alkyl halides is 3. The molecule has 0 aliphatic carbocycles. The van der Waals surface area contributed by atoms with Crippen LogP contribution < -0.4 is 5.73 Å². The number of ether oxygens (including phenoxy) is 1. The molecular formula is C13H12F4N2O4. The topological polar surface area (TPSA) is 91.0 Å². The first kappa shape index (κ1) is 18.4. The van der Waals surface area contributed by atoms with Gasteiger partial charge in [-0.25, -0.2) is 9.18 Å². The van der Waals surface area contributed by atoms with E-state index in [2.05, 4.69) is 14.7 Å². The average molecular weight is 336 g/mol. The van der Waals surface area contributed by atoms with Gasteiger partial charge in [0, 0.05) is 12.5 Å². The van der Waals surface area contributed by atoms with E-state index in [9.17, 15) is 27.2 Å². The Labute approximate surface area is 127 Å². The third kappa shape index (κ3) is 5.57. The predicted octanol–water partition coefficient (Wildman–Crippen LogP) is 1.96. The van der Waals surface area contributed by atoms with Crippen molar-refractivity contribution in [3.63, 3.8) is 0 Å². The van der Waals surface area contributed by atoms with Crippen molar-refractivity contribution < 1.29 is 36.7 Å². The number of esters is 1. The van der Waals surface area contributed by atoms with Crippen LogP contribution in [0.5, 0.6) is 0 Å². The molecule has 1 atom stereocenters. The van der Waals surface area contributed by atoms with Crippen molar-refractivity contribution >= 4 is 17.8 Å². The molecule has 0 unspecified atom stereocenters. The van der Waals surface area contributed by atoms with Crippen LogP contribution in [0.25, 0.3) is 0 Å². The first-order chi connectivity index (χ1) is 10.5. The van der Waals surface area contributed by atoms with Gasteiger partial charge in [-0.3, -0.25) is 4.79 Å². The van der Waals surface area contributed by atoms with Gasteiger partial charge in [0.25, 0.3) is 0 Å². The predicted molar refractivity (Wildman–Crippen MR) is 69.4 cm³/mol. The lowest BCUT2D eigenvalue weighted by atomic mass is 10.1. The summed E-state index contributed by atoms with van der Waals surface area (Å²) in [6, 6.07) is 1.52. The molecule has 6 nitrogen and oxygen atoms in total. The highest BCUT2D eigenvalue weighted by molar-refractivity contribution is 5.97. The number of carbonyl (C=O) groups excluding carboxylic acids is 2. The average Bonchev–Trinajstić information content (AvgIpc) is 2.41. The number of benzene rings is 1. The monoisotopic (exact) mass is 336 g/mol. The molecule has 0 radical (unpaired) electrons. The van der Waals surface area contributed by atoms with Crippen LogP contribution in [-0.2, 0) is 25.3 Å². The van der Waals surface area contributed by atoms with Gasteiger partial charge in [-0.2, -0.15) is 13.2 Å². The normalized spacial score (nSPS) is 13.4. The van der Waals surface area contributed by atoms with Gasteiger partial charge >= 0.3 is 18.1 Å². The van der Waals surface area contributed by atoms with Crippen LogP contribution in [0.15, 0.2) is 23.4 Å². The molecule has 0 aliphatic heterocycles. The maximum Gasteiger partial charge on any atom is 0.416 e. The Balaban J connectivity index is 2.92. The molecule has 0 heterocycles. The lowest BCUT2D eigenvalue weighted by Crippen LogP contribution is -2.25. The summed E-state index contributed by atoms with van der Waals surface area (Å²) in [4.78, 5) is 26.4. The summed E-state index contributed by atoms with van der Waals surface area (Å²) < 4.78 is 55.4. The number of halogens is 4. The standard InChI is InChI=1S/C13H12F4N2O4/c1-6(22-7(2)20)12(21)23-19-11(18)8-3-9(13(15,16)17)5-10(14)4-8/h3-6H,1-2H3,(H2,18,19)/t6-/m0/s1. The maximum absolute atomic E-state index is 13.2. The zero-order valence-electron chi connectivity index (χ0n) is 12.0. The SMILES string of the molecule is CC(=O)O[C@@H](C)C(=O)ON=C(N)c1cc(F)cc(C(F)(F)F)c1. The van der Waals surface area contributed by atoms with Crippen molar-refractivity contribution in [3.05, 3.63) is 35.1 Å². The van der Waals surface area contributed by atoms with Crippen molar-refractivity contribution in [1.29, 1.82) is 0 Å². The molecule has 23 heavy (non-hydrogen) atoms. The smallest absolute Gasteiger partial charge is 0.416 e. The van der Waals surface area contributed by atoms with Crippen LogP contribution in [-0.4, -0.2) is 23.9 Å². The van der Waals surface area contributed by atoms with E-state index in [-0.39, 0.29) is 6.07 Å². The molecule has 0 spiro atoms. The molecular weight excluding hydrogens is 324 g/mol. The van der Waals surface area contributed by atoms with Gasteiger partial charge in [-0.15, -0.1) is 0 Å². The third-order valence-electron chi connectivity index (χ3n) is 2.43. The molecule has 1 rings (SSSR count). The Morgan fingerprint density at radius 1 is 1.26 bits per heavy atom. The summed E-state index contributed by atoms with van der Waals surface area (Å²) in [7, 11) is 0. The number of nitrogens with two attached hydrogens (primary N) is 1. The number of nitrogens with zero attached hydrogens (tertiary/aromatic N) is 1. The summed E-state index contributed by atoms with van der Waals surface area (Å²) in [5.74, 6) is -3.69. The molecule has 0 amide bonds. The number of oxime groups is 1. The van der Waals surface area contributed by atoms with E-state index < -0.39 is 47.0 Å². The minimum atomic E-state index is -4.78. The molecule has 1 aromatic rings. The van der Waals surface area contributed by atoms with Crippen molar-refractivity contribution in [2.45, 2.75) is 26.1 Å². The van der Waals surface area contributed by atoms with Crippen LogP contribution in [0.2, 0.25) is 0 Å². The summed E-state index contributed by atoms with van der Waals surface area (Å²) in [5.41, 5.74) is 3.66. The van der Waals surface area contributed by atoms with E-state index in [1.165, 1.54) is 6.92 Å². The molecule has 0 aromatic heterocycles. The molecule has 0 bridgehead atoms. The Morgan fingerprint density at radius 2 is 1.87 bits per heavy atom. The maximum atomic E-state index is 13.2. The Morgan fingerprint density at radius 3 is 2.39 bits per heavy atom. The number of hydrogen-bond donors (Lipinski definition) is 1. The van der Waals surface area contributed by atoms with Crippen LogP contribution in [0.4, 0.5) is 17.6 Å². The molecule has 0 saturated carbocycles. The summed E-state index contributed by atoms with van der Waals surface area (Å²) >= 11 is 0. The van der Waals surface area contributed by atoms with E-state index in [1.54, 1.807) is 0 Å². The molecule has 0 saturated heterocycles. The minimum Gasteiger partial charge on any atom is -0.451 e. The van der Waals surface area contributed by atoms with E-state index in [1.807, 2.05) is 0 Å². The fourth-order valence-corrected chi connectivity index (χ4v) is 1.42. The zero-order valence-corrected chi connectivity index (χ0v) is 12.0. The molecule has 10 heteroatoms. The summed E-state index contributed by atoms with van der Waals surface area (Å²) in [5, 5.41) is 3.11. The fraction of sp³-hybridized carbons (Fsp3) is 0.308. The van der Waals surface area contributed by atoms with Crippen LogP contribution in [0.1, 0.15) is 25.0 Å². The van der Waals surface area contributed by atoms with Crippen LogP contribution >= 0.6 is 0 Å². The Hall–Kier alpha value is -2.65. The third-order valence-corrected chi connectivity index (χ3v) is 2.43. The molecule has 2 N–H and O–H groups in total. The lowest BCUT2D eigenvalue weighted by Gasteiger charge is -2.10. The number of hydrogen-bond acceptors (Lipinski definition) is 5. The second kappa shape index (κ2) is 7.07. The van der Waals surface area contributed by atoms with E-state index >= 15 is 0 Å². The Kier molecular flexibility index (Phi) is 5.66. The van der Waals surface area contributed by atoms with Gasteiger partial charge < -0.3 is 15.3 Å². The van der Waals surface area contributed by atoms with Gasteiger partial charge in [-0.05, 0) is 25.1 Å². The second-order valence-corrected chi connectivity index (χ2v) is 4.36. The number of carbonyl (C=O) groups is 2. The molecule has 0 aliphatic rings. The zero-order chi connectivity index (χ0) is 17.8. The van der Waals surface area contributed by atoms with Crippen molar-refractivity contribution in [3.8, 4) is 0 Å². The molecule has 126 valence electrons. The second-order valence-electron chi connectivity index (χ2n) is 4.36. The highest BCUT2D eigenvalue weighted by Crippen LogP contribution is 2.30. The van der Waals surface area contributed by atoms with Crippen molar-refractivity contribution in [2.75, 3.05) is 0 Å². The van der Waals surface area contributed by atoms with Gasteiger partial charge in [0.05, 0.1) is 5.56 Å². The van der Waals surface area contributed by atoms with Crippen LogP contribution in [0, 0.1) is 5.82 Å². The Bertz CT molecular complexity index is 643. The minimum absolute atomic E-state index is 0.283. The van der Waals surface area contributed by atoms with E-state index in [4.69, 9.17) is 5.73 Å². The highest BCUT2D eigenvalue weighted by Gasteiger charge is 2.31. The molecule has 0 fully saturated rings. The highest BCUT2D eigenvalue weighted by atomic mass is 19.4. The van der Waals surface area contributed by atoms with Gasteiger partial charge in [0.2, 0.25) is 0 Å². The van der Waals surface area contributed by atoms with E-state index in [0.717, 1.165) is 6.92 Å². The number of amidine groups is 1. The summed E-state index contributed by atoms with van der Waals surface area (Å²) in [6.07, 6.45) is -6.07. The van der Waals surface area contributed by atoms with Gasteiger partial charge in [-0.1, -0.05) is 5.16 Å². The quantitative estimate of drug-likeness (QED) is 0.227. The van der Waals surface area contributed by atoms with E-state index in [0.29, 0.717) is 12.1 Å². The first-order valence-corrected chi connectivity index (χ1v) is 6.10. The van der Waals surface area contributed by atoms with Gasteiger partial charge in [0.15, 0.2) is 11.9 Å². The molecule has 1 aromatic carbocycles. The van der Waals surface area contributed by atoms with Gasteiger partial charge in [0.1, 0.15) is 5.82 Å². The first-order valence-electron chi connectivity index (χ1n) is 6.10. The summed E-state index contributed by atoms with van der Waals surface area (Å²) in [6.45, 7) is 2.26.